The highest BCUT2D eigenvalue weighted by Crippen LogP contribution is 2.26. The molecule has 0 unspecified atom stereocenters. The lowest BCUT2D eigenvalue weighted by Gasteiger charge is -2.35. The standard InChI is InChI=1S/C17H20Cl2N2O2/c1-12(2)17(23)21-10-8-20(9-11-21)15(22)7-6-13-4-3-5-14(18)16(13)19/h3-7,12H,8-11H2,1-2H3/b7-6+. The van der Waals surface area contributed by atoms with E-state index in [1.165, 1.54) is 6.08 Å². The highest BCUT2D eigenvalue weighted by molar-refractivity contribution is 6.42. The van der Waals surface area contributed by atoms with Crippen LogP contribution in [0.15, 0.2) is 24.3 Å². The van der Waals surface area contributed by atoms with Crippen LogP contribution in [0.5, 0.6) is 0 Å². The van der Waals surface area contributed by atoms with Gasteiger partial charge in [0.25, 0.3) is 0 Å². The molecule has 1 aliphatic rings. The van der Waals surface area contributed by atoms with Crippen molar-refractivity contribution in [1.82, 2.24) is 9.80 Å². The molecule has 0 spiro atoms. The van der Waals surface area contributed by atoms with Crippen LogP contribution in [0, 0.1) is 5.92 Å². The summed E-state index contributed by atoms with van der Waals surface area (Å²) in [5.41, 5.74) is 0.709. The van der Waals surface area contributed by atoms with Crippen molar-refractivity contribution >= 4 is 41.1 Å². The van der Waals surface area contributed by atoms with E-state index in [-0.39, 0.29) is 17.7 Å². The fourth-order valence-corrected chi connectivity index (χ4v) is 2.80. The van der Waals surface area contributed by atoms with E-state index < -0.39 is 0 Å². The van der Waals surface area contributed by atoms with Crippen molar-refractivity contribution in [2.45, 2.75) is 13.8 Å². The molecule has 1 aromatic rings. The lowest BCUT2D eigenvalue weighted by atomic mass is 10.1. The molecule has 0 radical (unpaired) electrons. The largest absolute Gasteiger partial charge is 0.339 e. The van der Waals surface area contributed by atoms with Gasteiger partial charge in [-0.25, -0.2) is 0 Å². The average molecular weight is 355 g/mol. The van der Waals surface area contributed by atoms with Gasteiger partial charge in [-0.1, -0.05) is 49.2 Å². The molecule has 1 saturated heterocycles. The maximum Gasteiger partial charge on any atom is 0.246 e. The van der Waals surface area contributed by atoms with Crippen molar-refractivity contribution in [1.29, 1.82) is 0 Å². The first-order valence-electron chi connectivity index (χ1n) is 7.60. The van der Waals surface area contributed by atoms with Gasteiger partial charge in [-0.2, -0.15) is 0 Å². The van der Waals surface area contributed by atoms with Crippen LogP contribution in [0.4, 0.5) is 0 Å². The van der Waals surface area contributed by atoms with Gasteiger partial charge in [-0.05, 0) is 17.7 Å². The van der Waals surface area contributed by atoms with Crippen molar-refractivity contribution in [2.75, 3.05) is 26.2 Å². The zero-order valence-corrected chi connectivity index (χ0v) is 14.8. The van der Waals surface area contributed by atoms with E-state index in [0.29, 0.717) is 41.8 Å². The van der Waals surface area contributed by atoms with Crippen LogP contribution in [0.3, 0.4) is 0 Å². The van der Waals surface area contributed by atoms with Gasteiger partial charge >= 0.3 is 0 Å². The van der Waals surface area contributed by atoms with Crippen molar-refractivity contribution in [3.05, 3.63) is 39.9 Å². The first kappa shape index (κ1) is 17.8. The molecule has 1 aromatic carbocycles. The van der Waals surface area contributed by atoms with E-state index in [9.17, 15) is 9.59 Å². The SMILES string of the molecule is CC(C)C(=O)N1CCN(C(=O)/C=C/c2cccc(Cl)c2Cl)CC1. The average Bonchev–Trinajstić information content (AvgIpc) is 2.55. The number of piperazine rings is 1. The third-order valence-corrected chi connectivity index (χ3v) is 4.62. The summed E-state index contributed by atoms with van der Waals surface area (Å²) in [6.45, 7) is 6.02. The normalized spacial score (nSPS) is 15.5. The molecule has 2 rings (SSSR count). The number of amides is 2. The van der Waals surface area contributed by atoms with Gasteiger partial charge in [0.05, 0.1) is 10.0 Å². The predicted octanol–water partition coefficient (Wildman–Crippen LogP) is 3.33. The van der Waals surface area contributed by atoms with Crippen LogP contribution >= 0.6 is 23.2 Å². The number of hydrogen-bond acceptors (Lipinski definition) is 2. The van der Waals surface area contributed by atoms with Gasteiger partial charge in [0.1, 0.15) is 0 Å². The molecular weight excluding hydrogens is 335 g/mol. The van der Waals surface area contributed by atoms with Crippen molar-refractivity contribution in [3.8, 4) is 0 Å². The molecule has 2 amide bonds. The molecule has 1 fully saturated rings. The first-order valence-corrected chi connectivity index (χ1v) is 8.35. The third-order valence-electron chi connectivity index (χ3n) is 3.78. The lowest BCUT2D eigenvalue weighted by molar-refractivity contribution is -0.139. The molecule has 0 bridgehead atoms. The molecule has 0 aromatic heterocycles. The summed E-state index contributed by atoms with van der Waals surface area (Å²) in [4.78, 5) is 27.7. The number of nitrogens with zero attached hydrogens (tertiary/aromatic N) is 2. The van der Waals surface area contributed by atoms with Crippen molar-refractivity contribution < 1.29 is 9.59 Å². The summed E-state index contributed by atoms with van der Waals surface area (Å²) in [6, 6.07) is 5.29. The Bertz CT molecular complexity index is 621. The Morgan fingerprint density at radius 1 is 1.09 bits per heavy atom. The number of rotatable bonds is 3. The summed E-state index contributed by atoms with van der Waals surface area (Å²) < 4.78 is 0. The molecule has 0 aliphatic carbocycles. The van der Waals surface area contributed by atoms with Crippen LogP contribution in [0.25, 0.3) is 6.08 Å². The van der Waals surface area contributed by atoms with Gasteiger partial charge in [0.15, 0.2) is 0 Å². The molecule has 124 valence electrons. The zero-order chi connectivity index (χ0) is 17.0. The van der Waals surface area contributed by atoms with Gasteiger partial charge in [0.2, 0.25) is 11.8 Å². The van der Waals surface area contributed by atoms with Gasteiger partial charge in [-0.15, -0.1) is 0 Å². The second kappa shape index (κ2) is 7.84. The van der Waals surface area contributed by atoms with E-state index in [1.54, 1.807) is 29.2 Å². The van der Waals surface area contributed by atoms with Crippen LogP contribution < -0.4 is 0 Å². The highest BCUT2D eigenvalue weighted by atomic mass is 35.5. The lowest BCUT2D eigenvalue weighted by Crippen LogP contribution is -2.51. The first-order chi connectivity index (χ1) is 10.9. The number of hydrogen-bond donors (Lipinski definition) is 0. The Morgan fingerprint density at radius 3 is 2.30 bits per heavy atom. The number of benzene rings is 1. The Kier molecular flexibility index (Phi) is 6.08. The molecule has 0 saturated carbocycles. The van der Waals surface area contributed by atoms with Crippen LogP contribution in [-0.2, 0) is 9.59 Å². The second-order valence-corrected chi connectivity index (χ2v) is 6.57. The monoisotopic (exact) mass is 354 g/mol. The summed E-state index contributed by atoms with van der Waals surface area (Å²) in [5.74, 6) is 0.0400. The Balaban J connectivity index is 1.94. The number of carbonyl (C=O) groups excluding carboxylic acids is 2. The Morgan fingerprint density at radius 2 is 1.70 bits per heavy atom. The zero-order valence-electron chi connectivity index (χ0n) is 13.3. The minimum absolute atomic E-state index is 0.0119. The smallest absolute Gasteiger partial charge is 0.246 e. The summed E-state index contributed by atoms with van der Waals surface area (Å²) >= 11 is 12.0. The quantitative estimate of drug-likeness (QED) is 0.781. The third kappa shape index (κ3) is 4.49. The van der Waals surface area contributed by atoms with E-state index in [2.05, 4.69) is 0 Å². The minimum atomic E-state index is -0.0855. The fourth-order valence-electron chi connectivity index (χ4n) is 2.43. The van der Waals surface area contributed by atoms with Gasteiger partial charge in [-0.3, -0.25) is 9.59 Å². The molecular formula is C17H20Cl2N2O2. The molecule has 1 heterocycles. The molecule has 4 nitrogen and oxygen atoms in total. The molecule has 0 atom stereocenters. The summed E-state index contributed by atoms with van der Waals surface area (Å²) in [5, 5.41) is 0.896. The van der Waals surface area contributed by atoms with Crippen LogP contribution in [0.1, 0.15) is 19.4 Å². The Labute approximate surface area is 146 Å². The van der Waals surface area contributed by atoms with E-state index in [0.717, 1.165) is 0 Å². The Hall–Kier alpha value is -1.52. The summed E-state index contributed by atoms with van der Waals surface area (Å²) in [7, 11) is 0. The van der Waals surface area contributed by atoms with Gasteiger partial charge in [0, 0.05) is 38.2 Å². The molecule has 0 N–H and O–H groups in total. The van der Waals surface area contributed by atoms with E-state index in [1.807, 2.05) is 18.7 Å². The molecule has 23 heavy (non-hydrogen) atoms. The predicted molar refractivity (Wildman–Crippen MR) is 93.5 cm³/mol. The van der Waals surface area contributed by atoms with Crippen molar-refractivity contribution in [2.24, 2.45) is 5.92 Å². The topological polar surface area (TPSA) is 40.6 Å². The van der Waals surface area contributed by atoms with Crippen LogP contribution in [-0.4, -0.2) is 47.8 Å². The maximum atomic E-state index is 12.2. The summed E-state index contributed by atoms with van der Waals surface area (Å²) in [6.07, 6.45) is 3.17. The number of carbonyl (C=O) groups is 2. The highest BCUT2D eigenvalue weighted by Gasteiger charge is 2.24. The maximum absolute atomic E-state index is 12.2. The van der Waals surface area contributed by atoms with Gasteiger partial charge < -0.3 is 9.80 Å². The second-order valence-electron chi connectivity index (χ2n) is 5.78. The number of halogens is 2. The van der Waals surface area contributed by atoms with E-state index >= 15 is 0 Å². The van der Waals surface area contributed by atoms with Crippen molar-refractivity contribution in [3.63, 3.8) is 0 Å². The molecule has 1 aliphatic heterocycles. The minimum Gasteiger partial charge on any atom is -0.339 e. The fraction of sp³-hybridized carbons (Fsp3) is 0.412. The van der Waals surface area contributed by atoms with E-state index in [4.69, 9.17) is 23.2 Å². The molecule has 6 heteroatoms. The van der Waals surface area contributed by atoms with Crippen LogP contribution in [0.2, 0.25) is 10.0 Å².